The Bertz CT molecular complexity index is 436. The van der Waals surface area contributed by atoms with Crippen molar-refractivity contribution in [2.45, 2.75) is 64.6 Å². The van der Waals surface area contributed by atoms with E-state index in [-0.39, 0.29) is 0 Å². The van der Waals surface area contributed by atoms with Gasteiger partial charge in [0, 0.05) is 6.42 Å². The van der Waals surface area contributed by atoms with E-state index in [0.29, 0.717) is 13.8 Å². The minimum atomic E-state index is -6.06. The maximum absolute atomic E-state index is 13.4. The van der Waals surface area contributed by atoms with Crippen LogP contribution in [-0.2, 0) is 19.1 Å². The fourth-order valence-electron chi connectivity index (χ4n) is 1.78. The third kappa shape index (κ3) is 4.08. The Kier molecular flexibility index (Phi) is 6.14. The maximum atomic E-state index is 13.4. The molecular formula is C13H18F6O4. The third-order valence-electron chi connectivity index (χ3n) is 3.03. The molecule has 0 N–H and O–H groups in total. The van der Waals surface area contributed by atoms with Crippen molar-refractivity contribution >= 4 is 11.9 Å². The van der Waals surface area contributed by atoms with Crippen molar-refractivity contribution in [3.05, 3.63) is 0 Å². The minimum Gasteiger partial charge on any atom is -0.455 e. The highest BCUT2D eigenvalue weighted by atomic mass is 19.4. The van der Waals surface area contributed by atoms with E-state index >= 15 is 0 Å². The fourth-order valence-corrected chi connectivity index (χ4v) is 1.78. The van der Waals surface area contributed by atoms with Crippen LogP contribution in [0.25, 0.3) is 0 Å². The molecular weight excluding hydrogens is 334 g/mol. The Morgan fingerprint density at radius 1 is 0.913 bits per heavy atom. The highest BCUT2D eigenvalue weighted by Crippen LogP contribution is 2.53. The predicted molar refractivity (Wildman–Crippen MR) is 66.2 cm³/mol. The molecule has 23 heavy (non-hydrogen) atoms. The topological polar surface area (TPSA) is 52.6 Å². The van der Waals surface area contributed by atoms with E-state index in [9.17, 15) is 35.9 Å². The van der Waals surface area contributed by atoms with Gasteiger partial charge in [-0.1, -0.05) is 20.8 Å². The van der Waals surface area contributed by atoms with E-state index in [2.05, 4.69) is 9.47 Å². The fraction of sp³-hybridized carbons (Fsp3) is 0.846. The summed E-state index contributed by atoms with van der Waals surface area (Å²) in [4.78, 5) is 22.7. The number of hydrogen-bond acceptors (Lipinski definition) is 4. The average Bonchev–Trinajstić information content (AvgIpc) is 2.30. The molecule has 136 valence electrons. The first-order chi connectivity index (χ1) is 10.0. The van der Waals surface area contributed by atoms with Crippen LogP contribution in [0.5, 0.6) is 0 Å². The molecule has 0 heterocycles. The van der Waals surface area contributed by atoms with Crippen molar-refractivity contribution in [2.75, 3.05) is 0 Å². The predicted octanol–water partition coefficient (Wildman–Crippen LogP) is 3.78. The van der Waals surface area contributed by atoms with Gasteiger partial charge in [0.1, 0.15) is 0 Å². The highest BCUT2D eigenvalue weighted by Gasteiger charge is 2.82. The molecule has 0 saturated carbocycles. The van der Waals surface area contributed by atoms with Gasteiger partial charge in [0.25, 0.3) is 0 Å². The average molecular weight is 352 g/mol. The van der Waals surface area contributed by atoms with Crippen molar-refractivity contribution in [3.8, 4) is 0 Å². The lowest BCUT2D eigenvalue weighted by Gasteiger charge is -2.46. The first-order valence-electron chi connectivity index (χ1n) is 6.61. The molecule has 0 aromatic rings. The summed E-state index contributed by atoms with van der Waals surface area (Å²) in [6.07, 6.45) is -12.6. The standard InChI is InChI=1S/C13H18F6O4/c1-6-8(20)22-10(4,5)11(12(14,15)16,13(17,18)19)23-9(21)7(2)3/h7H,6H2,1-5H3. The molecule has 0 aromatic carbocycles. The summed E-state index contributed by atoms with van der Waals surface area (Å²) in [6, 6.07) is 0. The molecule has 0 aliphatic heterocycles. The van der Waals surface area contributed by atoms with E-state index < -0.39 is 47.8 Å². The molecule has 0 fully saturated rings. The number of carbonyl (C=O) groups is 2. The molecule has 0 amide bonds. The second-order valence-electron chi connectivity index (χ2n) is 5.59. The van der Waals surface area contributed by atoms with E-state index in [1.807, 2.05) is 0 Å². The zero-order valence-electron chi connectivity index (χ0n) is 13.2. The summed E-state index contributed by atoms with van der Waals surface area (Å²) in [6.45, 7) is 4.14. The maximum Gasteiger partial charge on any atom is 0.441 e. The van der Waals surface area contributed by atoms with Crippen LogP contribution in [0.15, 0.2) is 0 Å². The van der Waals surface area contributed by atoms with Gasteiger partial charge in [-0.15, -0.1) is 0 Å². The summed E-state index contributed by atoms with van der Waals surface area (Å²) in [7, 11) is 0. The van der Waals surface area contributed by atoms with Gasteiger partial charge in [-0.3, -0.25) is 9.59 Å². The number of halogens is 6. The normalized spacial score (nSPS) is 13.9. The smallest absolute Gasteiger partial charge is 0.441 e. The van der Waals surface area contributed by atoms with E-state index in [1.54, 1.807) is 0 Å². The van der Waals surface area contributed by atoms with Crippen LogP contribution in [0.3, 0.4) is 0 Å². The van der Waals surface area contributed by atoms with Crippen LogP contribution in [0, 0.1) is 5.92 Å². The number of hydrogen-bond donors (Lipinski definition) is 0. The molecule has 0 radical (unpaired) electrons. The van der Waals surface area contributed by atoms with Gasteiger partial charge in [0.2, 0.25) is 0 Å². The Morgan fingerprint density at radius 2 is 1.30 bits per heavy atom. The number of ether oxygens (including phenoxy) is 2. The Morgan fingerprint density at radius 3 is 1.57 bits per heavy atom. The monoisotopic (exact) mass is 352 g/mol. The van der Waals surface area contributed by atoms with Crippen molar-refractivity contribution in [1.29, 1.82) is 0 Å². The molecule has 0 aromatic heterocycles. The number of rotatable bonds is 5. The van der Waals surface area contributed by atoms with Crippen molar-refractivity contribution < 1.29 is 45.4 Å². The van der Waals surface area contributed by atoms with E-state index in [4.69, 9.17) is 0 Å². The van der Waals surface area contributed by atoms with Gasteiger partial charge < -0.3 is 9.47 Å². The van der Waals surface area contributed by atoms with E-state index in [1.165, 1.54) is 6.92 Å². The van der Waals surface area contributed by atoms with Crippen LogP contribution in [0.2, 0.25) is 0 Å². The minimum absolute atomic E-state index is 0.398. The summed E-state index contributed by atoms with van der Waals surface area (Å²) in [5, 5.41) is 0. The highest BCUT2D eigenvalue weighted by molar-refractivity contribution is 5.73. The van der Waals surface area contributed by atoms with Gasteiger partial charge >= 0.3 is 29.9 Å². The molecule has 0 atom stereocenters. The summed E-state index contributed by atoms with van der Waals surface area (Å²) in [5.41, 5.74) is -8.21. The summed E-state index contributed by atoms with van der Waals surface area (Å²) >= 11 is 0. The van der Waals surface area contributed by atoms with Crippen molar-refractivity contribution in [3.63, 3.8) is 0 Å². The zero-order chi connectivity index (χ0) is 18.9. The quantitative estimate of drug-likeness (QED) is 0.558. The van der Waals surface area contributed by atoms with Gasteiger partial charge in [0.15, 0.2) is 5.60 Å². The molecule has 0 spiro atoms. The molecule has 10 heteroatoms. The Labute approximate surface area is 129 Å². The molecule has 0 bridgehead atoms. The lowest BCUT2D eigenvalue weighted by Crippen LogP contribution is -2.72. The molecule has 0 rings (SSSR count). The molecule has 0 aliphatic rings. The number of esters is 2. The van der Waals surface area contributed by atoms with Crippen LogP contribution in [0.4, 0.5) is 26.3 Å². The van der Waals surface area contributed by atoms with Gasteiger partial charge in [-0.05, 0) is 13.8 Å². The molecule has 0 unspecified atom stereocenters. The van der Waals surface area contributed by atoms with Crippen LogP contribution < -0.4 is 0 Å². The largest absolute Gasteiger partial charge is 0.455 e. The van der Waals surface area contributed by atoms with E-state index in [0.717, 1.165) is 13.8 Å². The van der Waals surface area contributed by atoms with Gasteiger partial charge in [0.05, 0.1) is 5.92 Å². The van der Waals surface area contributed by atoms with Crippen LogP contribution >= 0.6 is 0 Å². The van der Waals surface area contributed by atoms with Crippen LogP contribution in [-0.4, -0.2) is 35.5 Å². The van der Waals surface area contributed by atoms with Crippen LogP contribution in [0.1, 0.15) is 41.0 Å². The summed E-state index contributed by atoms with van der Waals surface area (Å²) in [5.74, 6) is -4.27. The zero-order valence-corrected chi connectivity index (χ0v) is 13.2. The number of alkyl halides is 6. The van der Waals surface area contributed by atoms with Crippen molar-refractivity contribution in [1.82, 2.24) is 0 Å². The molecule has 0 aliphatic carbocycles. The lowest BCUT2D eigenvalue weighted by molar-refractivity contribution is -0.408. The Hall–Kier alpha value is -1.48. The second kappa shape index (κ2) is 6.56. The van der Waals surface area contributed by atoms with Crippen molar-refractivity contribution in [2.24, 2.45) is 5.92 Å². The lowest BCUT2D eigenvalue weighted by atomic mass is 9.83. The molecule has 0 saturated heterocycles. The SMILES string of the molecule is CCC(=O)OC(C)(C)C(OC(=O)C(C)C)(C(F)(F)F)C(F)(F)F. The first kappa shape index (κ1) is 21.5. The Balaban J connectivity index is 6.35. The molecule has 4 nitrogen and oxygen atoms in total. The summed E-state index contributed by atoms with van der Waals surface area (Å²) < 4.78 is 88.3. The first-order valence-corrected chi connectivity index (χ1v) is 6.61. The van der Waals surface area contributed by atoms with Gasteiger partial charge in [-0.2, -0.15) is 26.3 Å². The second-order valence-corrected chi connectivity index (χ2v) is 5.59. The third-order valence-corrected chi connectivity index (χ3v) is 3.03. The number of carbonyl (C=O) groups excluding carboxylic acids is 2. The van der Waals surface area contributed by atoms with Gasteiger partial charge in [-0.25, -0.2) is 0 Å².